The summed E-state index contributed by atoms with van der Waals surface area (Å²) in [5.74, 6) is -2.12. The van der Waals surface area contributed by atoms with Gasteiger partial charge in [-0.15, -0.1) is 0 Å². The number of hydrogen-bond donors (Lipinski definition) is 2. The number of aliphatic carboxylic acids is 1. The molecule has 5 heteroatoms. The normalized spacial score (nSPS) is 18.3. The Morgan fingerprint density at radius 2 is 1.81 bits per heavy atom. The maximum Gasteiger partial charge on any atom is 0.336 e. The molecule has 0 radical (unpaired) electrons. The van der Waals surface area contributed by atoms with Gasteiger partial charge in [0.1, 0.15) is 0 Å². The van der Waals surface area contributed by atoms with E-state index in [1.165, 1.54) is 7.11 Å². The first kappa shape index (κ1) is 14.8. The van der Waals surface area contributed by atoms with E-state index in [2.05, 4.69) is 5.32 Å². The number of rotatable bonds is 3. The molecule has 0 bridgehead atoms. The summed E-state index contributed by atoms with van der Waals surface area (Å²) in [5, 5.41) is 12.6. The molecule has 1 unspecified atom stereocenters. The number of ether oxygens (including phenoxy) is 1. The number of dihydropyridines is 1. The first-order valence-corrected chi connectivity index (χ1v) is 6.56. The zero-order valence-corrected chi connectivity index (χ0v) is 12.1. The van der Waals surface area contributed by atoms with Crippen LogP contribution < -0.4 is 5.32 Å². The molecule has 1 aliphatic heterocycles. The predicted molar refractivity (Wildman–Crippen MR) is 78.0 cm³/mol. The van der Waals surface area contributed by atoms with Gasteiger partial charge in [-0.05, 0) is 12.5 Å². The number of hydrogen-bond acceptors (Lipinski definition) is 4. The Kier molecular flexibility index (Phi) is 4.12. The molecule has 1 aromatic carbocycles. The quantitative estimate of drug-likeness (QED) is 0.833. The number of carbonyl (C=O) groups excluding carboxylic acids is 1. The lowest BCUT2D eigenvalue weighted by atomic mass is 9.85. The second-order valence-corrected chi connectivity index (χ2v) is 4.84. The highest BCUT2D eigenvalue weighted by Gasteiger charge is 2.34. The van der Waals surface area contributed by atoms with Gasteiger partial charge in [-0.3, -0.25) is 0 Å². The summed E-state index contributed by atoms with van der Waals surface area (Å²) in [4.78, 5) is 23.5. The second-order valence-electron chi connectivity index (χ2n) is 4.84. The Morgan fingerprint density at radius 1 is 1.19 bits per heavy atom. The average molecular weight is 287 g/mol. The molecule has 1 heterocycles. The van der Waals surface area contributed by atoms with E-state index in [0.29, 0.717) is 17.0 Å². The van der Waals surface area contributed by atoms with Crippen LogP contribution in [0.2, 0.25) is 0 Å². The zero-order chi connectivity index (χ0) is 15.6. The smallest absolute Gasteiger partial charge is 0.336 e. The largest absolute Gasteiger partial charge is 0.478 e. The van der Waals surface area contributed by atoms with E-state index in [0.717, 1.165) is 5.56 Å². The first-order chi connectivity index (χ1) is 9.97. The van der Waals surface area contributed by atoms with E-state index in [4.69, 9.17) is 4.74 Å². The molecule has 1 aliphatic rings. The number of benzene rings is 1. The summed E-state index contributed by atoms with van der Waals surface area (Å²) >= 11 is 0. The Balaban J connectivity index is 2.57. The molecule has 2 rings (SSSR count). The number of methoxy groups -OCH3 is 1. The fourth-order valence-electron chi connectivity index (χ4n) is 2.57. The molecule has 1 atom stereocenters. The highest BCUT2D eigenvalue weighted by Crippen LogP contribution is 2.34. The number of allylic oxidation sites excluding steroid dienone is 1. The van der Waals surface area contributed by atoms with Crippen molar-refractivity contribution in [3.05, 3.63) is 52.7 Å². The molecular weight excluding hydrogens is 270 g/mol. The summed E-state index contributed by atoms with van der Waals surface area (Å²) in [6.45, 7) is 3.44. The van der Waals surface area contributed by atoms with Gasteiger partial charge < -0.3 is 15.2 Å². The number of nitrogens with one attached hydrogen (secondary N) is 1. The molecule has 5 nitrogen and oxygen atoms in total. The molecule has 21 heavy (non-hydrogen) atoms. The fraction of sp³-hybridized carbons (Fsp3) is 0.250. The Morgan fingerprint density at radius 3 is 2.33 bits per heavy atom. The minimum atomic E-state index is -1.05. The van der Waals surface area contributed by atoms with Gasteiger partial charge in [0, 0.05) is 11.6 Å². The molecule has 0 fully saturated rings. The predicted octanol–water partition coefficient (Wildman–Crippen LogP) is 2.17. The Hall–Kier alpha value is -2.56. The number of carbonyl (C=O) groups is 2. The minimum Gasteiger partial charge on any atom is -0.478 e. The number of carboxylic acids is 1. The zero-order valence-electron chi connectivity index (χ0n) is 12.1. The molecule has 0 saturated carbocycles. The molecule has 0 amide bonds. The van der Waals surface area contributed by atoms with Gasteiger partial charge in [0.2, 0.25) is 0 Å². The molecule has 0 aromatic heterocycles. The van der Waals surface area contributed by atoms with Crippen molar-refractivity contribution in [2.45, 2.75) is 13.8 Å². The SMILES string of the molecule is COC(=O)C1=C(C)NC(c2ccccc2)=C(C(=O)O)C1C. The molecule has 0 spiro atoms. The van der Waals surface area contributed by atoms with Crippen LogP contribution >= 0.6 is 0 Å². The Bertz CT molecular complexity index is 644. The number of carboxylic acid groups (broad SMARTS) is 1. The van der Waals surface area contributed by atoms with E-state index >= 15 is 0 Å². The van der Waals surface area contributed by atoms with Crippen molar-refractivity contribution in [1.29, 1.82) is 0 Å². The van der Waals surface area contributed by atoms with Crippen LogP contribution in [0.1, 0.15) is 19.4 Å². The van der Waals surface area contributed by atoms with Crippen molar-refractivity contribution in [2.24, 2.45) is 5.92 Å². The maximum absolute atomic E-state index is 11.9. The minimum absolute atomic E-state index is 0.159. The molecule has 1 aromatic rings. The fourth-order valence-corrected chi connectivity index (χ4v) is 2.57. The van der Waals surface area contributed by atoms with Gasteiger partial charge in [-0.25, -0.2) is 9.59 Å². The van der Waals surface area contributed by atoms with E-state index in [-0.39, 0.29) is 5.57 Å². The van der Waals surface area contributed by atoms with Crippen molar-refractivity contribution < 1.29 is 19.4 Å². The van der Waals surface area contributed by atoms with Crippen molar-refractivity contribution in [3.8, 4) is 0 Å². The van der Waals surface area contributed by atoms with E-state index in [1.54, 1.807) is 13.8 Å². The van der Waals surface area contributed by atoms with Crippen LogP contribution in [0.3, 0.4) is 0 Å². The lowest BCUT2D eigenvalue weighted by Crippen LogP contribution is -2.31. The molecular formula is C16H17NO4. The highest BCUT2D eigenvalue weighted by atomic mass is 16.5. The number of esters is 1. The first-order valence-electron chi connectivity index (χ1n) is 6.56. The lowest BCUT2D eigenvalue weighted by molar-refractivity contribution is -0.136. The third kappa shape index (κ3) is 2.67. The van der Waals surface area contributed by atoms with E-state index in [9.17, 15) is 14.7 Å². The highest BCUT2D eigenvalue weighted by molar-refractivity contribution is 6.02. The average Bonchev–Trinajstić information content (AvgIpc) is 2.46. The monoisotopic (exact) mass is 287 g/mol. The third-order valence-corrected chi connectivity index (χ3v) is 3.55. The third-order valence-electron chi connectivity index (χ3n) is 3.55. The molecule has 110 valence electrons. The molecule has 0 aliphatic carbocycles. The Labute approximate surface area is 122 Å². The van der Waals surface area contributed by atoms with Crippen LogP contribution in [-0.2, 0) is 14.3 Å². The van der Waals surface area contributed by atoms with Gasteiger partial charge in [0.25, 0.3) is 0 Å². The standard InChI is InChI=1S/C16H17NO4/c1-9-12(16(20)21-3)10(2)17-14(13(9)15(18)19)11-7-5-4-6-8-11/h4-9,17H,1-3H3,(H,18,19). The van der Waals surface area contributed by atoms with E-state index < -0.39 is 17.9 Å². The van der Waals surface area contributed by atoms with Gasteiger partial charge in [0.05, 0.1) is 24.0 Å². The van der Waals surface area contributed by atoms with Gasteiger partial charge in [-0.2, -0.15) is 0 Å². The molecule has 2 N–H and O–H groups in total. The van der Waals surface area contributed by atoms with Crippen molar-refractivity contribution in [3.63, 3.8) is 0 Å². The molecule has 0 saturated heterocycles. The van der Waals surface area contributed by atoms with Crippen LogP contribution in [0.15, 0.2) is 47.2 Å². The summed E-state index contributed by atoms with van der Waals surface area (Å²) in [6.07, 6.45) is 0. The van der Waals surface area contributed by atoms with Gasteiger partial charge in [0.15, 0.2) is 0 Å². The summed E-state index contributed by atoms with van der Waals surface area (Å²) < 4.78 is 4.75. The van der Waals surface area contributed by atoms with Crippen LogP contribution in [0, 0.1) is 5.92 Å². The van der Waals surface area contributed by atoms with E-state index in [1.807, 2.05) is 30.3 Å². The van der Waals surface area contributed by atoms with Crippen LogP contribution in [-0.4, -0.2) is 24.2 Å². The van der Waals surface area contributed by atoms with Crippen molar-refractivity contribution >= 4 is 17.6 Å². The topological polar surface area (TPSA) is 75.6 Å². The lowest BCUT2D eigenvalue weighted by Gasteiger charge is -2.28. The van der Waals surface area contributed by atoms with Gasteiger partial charge in [-0.1, -0.05) is 37.3 Å². The van der Waals surface area contributed by atoms with Crippen LogP contribution in [0.4, 0.5) is 0 Å². The summed E-state index contributed by atoms with van der Waals surface area (Å²) in [7, 11) is 1.28. The van der Waals surface area contributed by atoms with Crippen molar-refractivity contribution in [2.75, 3.05) is 7.11 Å². The van der Waals surface area contributed by atoms with Crippen LogP contribution in [0.25, 0.3) is 5.70 Å². The van der Waals surface area contributed by atoms with Crippen LogP contribution in [0.5, 0.6) is 0 Å². The van der Waals surface area contributed by atoms with Gasteiger partial charge >= 0.3 is 11.9 Å². The summed E-state index contributed by atoms with van der Waals surface area (Å²) in [5.41, 5.74) is 2.39. The summed E-state index contributed by atoms with van der Waals surface area (Å²) in [6, 6.07) is 9.19. The van der Waals surface area contributed by atoms with Crippen molar-refractivity contribution in [1.82, 2.24) is 5.32 Å². The maximum atomic E-state index is 11.9. The second kappa shape index (κ2) is 5.83.